The molecule has 0 bridgehead atoms. The van der Waals surface area contributed by atoms with E-state index in [-0.39, 0.29) is 12.2 Å². The predicted octanol–water partition coefficient (Wildman–Crippen LogP) is 3.80. The molecule has 116 valence electrons. The van der Waals surface area contributed by atoms with E-state index in [4.69, 9.17) is 4.42 Å². The number of furan rings is 1. The van der Waals surface area contributed by atoms with Crippen LogP contribution in [0.2, 0.25) is 0 Å². The third-order valence-corrected chi connectivity index (χ3v) is 3.17. The van der Waals surface area contributed by atoms with E-state index in [9.17, 15) is 9.18 Å². The number of pyridine rings is 1. The average molecular weight is 311 g/mol. The highest BCUT2D eigenvalue weighted by Crippen LogP contribution is 2.17. The molecule has 2 aromatic heterocycles. The van der Waals surface area contributed by atoms with Gasteiger partial charge in [-0.1, -0.05) is 18.2 Å². The highest BCUT2D eigenvalue weighted by molar-refractivity contribution is 5.89. The van der Waals surface area contributed by atoms with E-state index in [1.165, 1.54) is 12.1 Å². The van der Waals surface area contributed by atoms with Crippen molar-refractivity contribution < 1.29 is 13.6 Å². The molecule has 0 aliphatic rings. The molecule has 0 atom stereocenters. The fourth-order valence-corrected chi connectivity index (χ4v) is 2.01. The monoisotopic (exact) mass is 311 g/mol. The largest absolute Gasteiger partial charge is 0.463 e. The van der Waals surface area contributed by atoms with Gasteiger partial charge in [0.05, 0.1) is 12.0 Å². The van der Waals surface area contributed by atoms with E-state index >= 15 is 0 Å². The molecule has 23 heavy (non-hydrogen) atoms. The van der Waals surface area contributed by atoms with Crippen LogP contribution in [0.4, 0.5) is 14.9 Å². The number of amides is 2. The second-order valence-electron chi connectivity index (χ2n) is 4.82. The lowest BCUT2D eigenvalue weighted by Crippen LogP contribution is -2.28. The number of hydrogen-bond acceptors (Lipinski definition) is 3. The smallest absolute Gasteiger partial charge is 0.319 e. The molecule has 0 saturated heterocycles. The van der Waals surface area contributed by atoms with Gasteiger partial charge in [0.25, 0.3) is 0 Å². The number of carbonyl (C=O) groups is 1. The Kier molecular flexibility index (Phi) is 4.33. The summed E-state index contributed by atoms with van der Waals surface area (Å²) in [6, 6.07) is 12.8. The minimum Gasteiger partial charge on any atom is -0.463 e. The molecule has 5 nitrogen and oxygen atoms in total. The highest BCUT2D eigenvalue weighted by Gasteiger charge is 2.06. The summed E-state index contributed by atoms with van der Waals surface area (Å²) in [5.41, 5.74) is 1.68. The van der Waals surface area contributed by atoms with Gasteiger partial charge < -0.3 is 15.1 Å². The molecule has 1 aromatic carbocycles. The van der Waals surface area contributed by atoms with Crippen molar-refractivity contribution in [1.82, 2.24) is 10.3 Å². The number of para-hydroxylation sites is 1. The number of nitrogens with zero attached hydrogens (tertiary/aromatic N) is 1. The molecule has 3 aromatic rings. The Morgan fingerprint density at radius 3 is 2.70 bits per heavy atom. The third-order valence-electron chi connectivity index (χ3n) is 3.17. The highest BCUT2D eigenvalue weighted by atomic mass is 19.1. The number of benzene rings is 1. The van der Waals surface area contributed by atoms with Crippen molar-refractivity contribution in [2.75, 3.05) is 5.32 Å². The van der Waals surface area contributed by atoms with Crippen molar-refractivity contribution in [3.63, 3.8) is 0 Å². The van der Waals surface area contributed by atoms with Gasteiger partial charge in [-0.2, -0.15) is 0 Å². The third kappa shape index (κ3) is 3.74. The molecular weight excluding hydrogens is 297 g/mol. The first-order chi connectivity index (χ1) is 11.2. The van der Waals surface area contributed by atoms with Gasteiger partial charge in [0, 0.05) is 12.7 Å². The van der Waals surface area contributed by atoms with Crippen LogP contribution in [0.3, 0.4) is 0 Å². The Morgan fingerprint density at radius 1 is 1.13 bits per heavy atom. The maximum atomic E-state index is 13.4. The summed E-state index contributed by atoms with van der Waals surface area (Å²) in [6.07, 6.45) is 3.24. The lowest BCUT2D eigenvalue weighted by Gasteiger charge is -2.08. The molecule has 0 radical (unpaired) electrons. The Labute approximate surface area is 132 Å². The zero-order valence-corrected chi connectivity index (χ0v) is 12.1. The molecular formula is C17H14FN3O2. The molecule has 0 spiro atoms. The van der Waals surface area contributed by atoms with Crippen molar-refractivity contribution in [3.05, 3.63) is 72.4 Å². The first-order valence-electron chi connectivity index (χ1n) is 7.00. The molecule has 3 rings (SSSR count). The van der Waals surface area contributed by atoms with E-state index < -0.39 is 11.8 Å². The second-order valence-corrected chi connectivity index (χ2v) is 4.82. The quantitative estimate of drug-likeness (QED) is 0.770. The van der Waals surface area contributed by atoms with Crippen molar-refractivity contribution in [1.29, 1.82) is 0 Å². The fraction of sp³-hybridized carbons (Fsp3) is 0.0588. The first kappa shape index (κ1) is 14.8. The number of halogens is 1. The van der Waals surface area contributed by atoms with Gasteiger partial charge in [-0.25, -0.2) is 9.18 Å². The van der Waals surface area contributed by atoms with Crippen LogP contribution in [0.5, 0.6) is 0 Å². The summed E-state index contributed by atoms with van der Waals surface area (Å²) in [6.45, 7) is 0.283. The molecule has 0 unspecified atom stereocenters. The van der Waals surface area contributed by atoms with Crippen LogP contribution in [0.25, 0.3) is 11.5 Å². The predicted molar refractivity (Wildman–Crippen MR) is 84.2 cm³/mol. The van der Waals surface area contributed by atoms with E-state index in [1.807, 2.05) is 18.2 Å². The SMILES string of the molecule is O=C(NCc1ccc(-c2ccco2)nc1)Nc1ccccc1F. The second kappa shape index (κ2) is 6.74. The Morgan fingerprint density at radius 2 is 2.00 bits per heavy atom. The van der Waals surface area contributed by atoms with Crippen molar-refractivity contribution in [2.45, 2.75) is 6.54 Å². The van der Waals surface area contributed by atoms with Crippen molar-refractivity contribution in [2.24, 2.45) is 0 Å². The summed E-state index contributed by atoms with van der Waals surface area (Å²) >= 11 is 0. The van der Waals surface area contributed by atoms with E-state index in [0.717, 1.165) is 11.3 Å². The minimum absolute atomic E-state index is 0.135. The number of nitrogens with one attached hydrogen (secondary N) is 2. The Balaban J connectivity index is 1.56. The van der Waals surface area contributed by atoms with Gasteiger partial charge in [-0.3, -0.25) is 4.98 Å². The zero-order valence-electron chi connectivity index (χ0n) is 12.1. The molecule has 0 fully saturated rings. The molecule has 2 amide bonds. The Hall–Kier alpha value is -3.15. The molecule has 2 heterocycles. The summed E-state index contributed by atoms with van der Waals surface area (Å²) in [5, 5.41) is 5.10. The number of urea groups is 1. The molecule has 0 aliphatic heterocycles. The first-order valence-corrected chi connectivity index (χ1v) is 7.00. The van der Waals surface area contributed by atoms with Crippen LogP contribution in [-0.4, -0.2) is 11.0 Å². The van der Waals surface area contributed by atoms with E-state index in [2.05, 4.69) is 15.6 Å². The number of aromatic nitrogens is 1. The van der Waals surface area contributed by atoms with Crippen molar-refractivity contribution in [3.8, 4) is 11.5 Å². The lowest BCUT2D eigenvalue weighted by atomic mass is 10.2. The van der Waals surface area contributed by atoms with Crippen LogP contribution in [0, 0.1) is 5.82 Å². The van der Waals surface area contributed by atoms with Crippen LogP contribution in [0.1, 0.15) is 5.56 Å². The zero-order chi connectivity index (χ0) is 16.1. The summed E-state index contributed by atoms with van der Waals surface area (Å²) in [4.78, 5) is 16.0. The molecule has 0 aliphatic carbocycles. The minimum atomic E-state index is -0.481. The van der Waals surface area contributed by atoms with E-state index in [1.54, 1.807) is 30.7 Å². The van der Waals surface area contributed by atoms with Gasteiger partial charge in [0.15, 0.2) is 5.76 Å². The summed E-state index contributed by atoms with van der Waals surface area (Å²) < 4.78 is 18.7. The van der Waals surface area contributed by atoms with Gasteiger partial charge >= 0.3 is 6.03 Å². The molecule has 2 N–H and O–H groups in total. The molecule has 6 heteroatoms. The van der Waals surface area contributed by atoms with Crippen LogP contribution < -0.4 is 10.6 Å². The standard InChI is InChI=1S/C17H14FN3O2/c18-13-4-1-2-5-14(13)21-17(22)20-11-12-7-8-15(19-10-12)16-6-3-9-23-16/h1-10H,11H2,(H2,20,21,22). The van der Waals surface area contributed by atoms with Crippen LogP contribution in [0.15, 0.2) is 65.4 Å². The fourth-order valence-electron chi connectivity index (χ4n) is 2.01. The van der Waals surface area contributed by atoms with Crippen molar-refractivity contribution >= 4 is 11.7 Å². The molecule has 0 saturated carbocycles. The van der Waals surface area contributed by atoms with Crippen LogP contribution >= 0.6 is 0 Å². The lowest BCUT2D eigenvalue weighted by molar-refractivity contribution is 0.251. The summed E-state index contributed by atoms with van der Waals surface area (Å²) in [7, 11) is 0. The maximum absolute atomic E-state index is 13.4. The summed E-state index contributed by atoms with van der Waals surface area (Å²) in [5.74, 6) is 0.203. The number of hydrogen-bond donors (Lipinski definition) is 2. The van der Waals surface area contributed by atoms with Gasteiger partial charge in [0.2, 0.25) is 0 Å². The maximum Gasteiger partial charge on any atom is 0.319 e. The average Bonchev–Trinajstić information content (AvgIpc) is 3.10. The number of carbonyl (C=O) groups excluding carboxylic acids is 1. The van der Waals surface area contributed by atoms with Gasteiger partial charge in [-0.15, -0.1) is 0 Å². The number of anilines is 1. The van der Waals surface area contributed by atoms with E-state index in [0.29, 0.717) is 5.76 Å². The normalized spacial score (nSPS) is 10.3. The Bertz CT molecular complexity index is 786. The number of rotatable bonds is 4. The topological polar surface area (TPSA) is 67.2 Å². The van der Waals surface area contributed by atoms with Gasteiger partial charge in [0.1, 0.15) is 11.5 Å². The van der Waals surface area contributed by atoms with Gasteiger partial charge in [-0.05, 0) is 35.9 Å². The van der Waals surface area contributed by atoms with Crippen LogP contribution in [-0.2, 0) is 6.54 Å².